The quantitative estimate of drug-likeness (QED) is 0.871. The minimum absolute atomic E-state index is 0.0642. The van der Waals surface area contributed by atoms with Crippen LogP contribution in [-0.4, -0.2) is 50.6 Å². The average molecular weight is 371 g/mol. The van der Waals surface area contributed by atoms with Gasteiger partial charge in [0.25, 0.3) is 0 Å². The van der Waals surface area contributed by atoms with Crippen molar-refractivity contribution in [3.63, 3.8) is 0 Å². The first kappa shape index (κ1) is 18.0. The van der Waals surface area contributed by atoms with Crippen LogP contribution in [0.3, 0.4) is 0 Å². The number of morpholine rings is 1. The Balaban J connectivity index is 1.39. The molecule has 0 bridgehead atoms. The van der Waals surface area contributed by atoms with Crippen molar-refractivity contribution < 1.29 is 18.8 Å². The predicted octanol–water partition coefficient (Wildman–Crippen LogP) is 2.59. The van der Waals surface area contributed by atoms with Gasteiger partial charge in [-0.3, -0.25) is 4.79 Å². The van der Waals surface area contributed by atoms with E-state index in [0.29, 0.717) is 25.3 Å². The molecule has 0 spiro atoms. The number of aromatic nitrogens is 1. The van der Waals surface area contributed by atoms with Crippen molar-refractivity contribution in [3.8, 4) is 0 Å². The van der Waals surface area contributed by atoms with Crippen molar-refractivity contribution in [3.05, 3.63) is 41.8 Å². The largest absolute Gasteiger partial charge is 0.381 e. The summed E-state index contributed by atoms with van der Waals surface area (Å²) in [5.74, 6) is 0.945. The van der Waals surface area contributed by atoms with Crippen LogP contribution in [0.4, 0.5) is 11.4 Å². The fourth-order valence-corrected chi connectivity index (χ4v) is 3.66. The minimum Gasteiger partial charge on any atom is -0.381 e. The Morgan fingerprint density at radius 2 is 1.93 bits per heavy atom. The number of carbonyl (C=O) groups is 1. The van der Waals surface area contributed by atoms with Gasteiger partial charge in [-0.15, -0.1) is 0 Å². The maximum atomic E-state index is 12.6. The van der Waals surface area contributed by atoms with Gasteiger partial charge in [-0.25, -0.2) is 0 Å². The summed E-state index contributed by atoms with van der Waals surface area (Å²) in [6.07, 6.45) is 3.68. The third-order valence-electron chi connectivity index (χ3n) is 5.12. The van der Waals surface area contributed by atoms with E-state index in [1.807, 2.05) is 12.1 Å². The summed E-state index contributed by atoms with van der Waals surface area (Å²) in [6.45, 7) is 4.68. The highest BCUT2D eigenvalue weighted by Crippen LogP contribution is 2.32. The molecule has 3 heterocycles. The van der Waals surface area contributed by atoms with Crippen molar-refractivity contribution in [1.82, 2.24) is 5.16 Å². The summed E-state index contributed by atoms with van der Waals surface area (Å²) in [5.41, 5.74) is 2.80. The van der Waals surface area contributed by atoms with Gasteiger partial charge < -0.3 is 24.2 Å². The molecular weight excluding hydrogens is 346 g/mol. The number of nitrogens with zero attached hydrogens (tertiary/aromatic N) is 2. The Kier molecular flexibility index (Phi) is 5.69. The standard InChI is InChI=1S/C20H25N3O4/c24-19(22-18-14-21-27-20(18)16-4-8-25-9-5-16)13-15-2-1-3-17(12-15)23-6-10-26-11-7-23/h1-3,12,14,16H,4-11,13H2,(H,22,24). The molecule has 0 atom stereocenters. The van der Waals surface area contributed by atoms with E-state index >= 15 is 0 Å². The lowest BCUT2D eigenvalue weighted by atomic mass is 9.96. The maximum absolute atomic E-state index is 12.6. The molecule has 2 fully saturated rings. The summed E-state index contributed by atoms with van der Waals surface area (Å²) < 4.78 is 16.2. The van der Waals surface area contributed by atoms with Gasteiger partial charge in [0.1, 0.15) is 5.69 Å². The molecule has 2 saturated heterocycles. The molecule has 2 aliphatic heterocycles. The van der Waals surface area contributed by atoms with E-state index in [2.05, 4.69) is 27.5 Å². The number of benzene rings is 1. The number of rotatable bonds is 5. The molecule has 0 radical (unpaired) electrons. The third-order valence-corrected chi connectivity index (χ3v) is 5.12. The van der Waals surface area contributed by atoms with E-state index in [0.717, 1.165) is 56.2 Å². The van der Waals surface area contributed by atoms with Crippen LogP contribution < -0.4 is 10.2 Å². The number of hydrogen-bond acceptors (Lipinski definition) is 6. The first-order valence-electron chi connectivity index (χ1n) is 9.53. The van der Waals surface area contributed by atoms with Crippen LogP contribution >= 0.6 is 0 Å². The van der Waals surface area contributed by atoms with Crippen LogP contribution in [0, 0.1) is 0 Å². The van der Waals surface area contributed by atoms with Crippen molar-refractivity contribution in [2.75, 3.05) is 49.7 Å². The van der Waals surface area contributed by atoms with Gasteiger partial charge in [0.15, 0.2) is 5.76 Å². The second-order valence-electron chi connectivity index (χ2n) is 6.98. The van der Waals surface area contributed by atoms with E-state index in [4.69, 9.17) is 14.0 Å². The van der Waals surface area contributed by atoms with Crippen molar-refractivity contribution in [1.29, 1.82) is 0 Å². The smallest absolute Gasteiger partial charge is 0.228 e. The second kappa shape index (κ2) is 8.54. The van der Waals surface area contributed by atoms with Gasteiger partial charge >= 0.3 is 0 Å². The summed E-state index contributed by atoms with van der Waals surface area (Å²) in [5, 5.41) is 6.85. The van der Waals surface area contributed by atoms with Crippen molar-refractivity contribution in [2.45, 2.75) is 25.2 Å². The normalized spacial score (nSPS) is 18.4. The molecule has 0 unspecified atom stereocenters. The van der Waals surface area contributed by atoms with Crippen LogP contribution in [0.15, 0.2) is 35.0 Å². The van der Waals surface area contributed by atoms with Crippen LogP contribution in [0.5, 0.6) is 0 Å². The van der Waals surface area contributed by atoms with E-state index in [-0.39, 0.29) is 11.8 Å². The highest BCUT2D eigenvalue weighted by Gasteiger charge is 2.24. The zero-order valence-electron chi connectivity index (χ0n) is 15.4. The molecule has 0 saturated carbocycles. The average Bonchev–Trinajstić information content (AvgIpc) is 3.17. The summed E-state index contributed by atoms with van der Waals surface area (Å²) >= 11 is 0. The Morgan fingerprint density at radius 3 is 2.74 bits per heavy atom. The fraction of sp³-hybridized carbons (Fsp3) is 0.500. The molecule has 144 valence electrons. The fourth-order valence-electron chi connectivity index (χ4n) is 3.66. The van der Waals surface area contributed by atoms with Gasteiger partial charge in [-0.1, -0.05) is 17.3 Å². The zero-order chi connectivity index (χ0) is 18.5. The first-order valence-corrected chi connectivity index (χ1v) is 9.53. The topological polar surface area (TPSA) is 76.8 Å². The third kappa shape index (κ3) is 4.48. The van der Waals surface area contributed by atoms with Gasteiger partial charge in [-0.05, 0) is 30.5 Å². The first-order chi connectivity index (χ1) is 13.3. The van der Waals surface area contributed by atoms with Gasteiger partial charge in [-0.2, -0.15) is 0 Å². The molecule has 7 heteroatoms. The van der Waals surface area contributed by atoms with Crippen molar-refractivity contribution in [2.24, 2.45) is 0 Å². The van der Waals surface area contributed by atoms with E-state index < -0.39 is 0 Å². The Hall–Kier alpha value is -2.38. The van der Waals surface area contributed by atoms with Gasteiger partial charge in [0.05, 0.1) is 25.8 Å². The molecule has 1 amide bonds. The summed E-state index contributed by atoms with van der Waals surface area (Å²) in [6, 6.07) is 8.14. The molecule has 1 aromatic carbocycles. The SMILES string of the molecule is O=C(Cc1cccc(N2CCOCC2)c1)Nc1cnoc1C1CCOCC1. The predicted molar refractivity (Wildman–Crippen MR) is 101 cm³/mol. The molecule has 27 heavy (non-hydrogen) atoms. The van der Waals surface area contributed by atoms with E-state index in [1.54, 1.807) is 6.20 Å². The highest BCUT2D eigenvalue weighted by atomic mass is 16.5. The molecular formula is C20H25N3O4. The number of amides is 1. The lowest BCUT2D eigenvalue weighted by Gasteiger charge is -2.29. The lowest BCUT2D eigenvalue weighted by molar-refractivity contribution is -0.115. The maximum Gasteiger partial charge on any atom is 0.228 e. The molecule has 7 nitrogen and oxygen atoms in total. The molecule has 2 aromatic rings. The van der Waals surface area contributed by atoms with Crippen LogP contribution in [0.1, 0.15) is 30.1 Å². The molecule has 1 aromatic heterocycles. The lowest BCUT2D eigenvalue weighted by Crippen LogP contribution is -2.36. The van der Waals surface area contributed by atoms with E-state index in [9.17, 15) is 4.79 Å². The molecule has 0 aliphatic carbocycles. The number of anilines is 2. The molecule has 2 aliphatic rings. The van der Waals surface area contributed by atoms with Crippen molar-refractivity contribution >= 4 is 17.3 Å². The summed E-state index contributed by atoms with van der Waals surface area (Å²) in [7, 11) is 0. The molecule has 4 rings (SSSR count). The van der Waals surface area contributed by atoms with Crippen LogP contribution in [0.25, 0.3) is 0 Å². The van der Waals surface area contributed by atoms with Gasteiger partial charge in [0, 0.05) is 37.9 Å². The molecule has 1 N–H and O–H groups in total. The highest BCUT2D eigenvalue weighted by molar-refractivity contribution is 5.92. The zero-order valence-corrected chi connectivity index (χ0v) is 15.4. The Labute approximate surface area is 158 Å². The summed E-state index contributed by atoms with van der Waals surface area (Å²) in [4.78, 5) is 14.8. The minimum atomic E-state index is -0.0642. The number of carbonyl (C=O) groups excluding carboxylic acids is 1. The number of nitrogens with one attached hydrogen (secondary N) is 1. The van der Waals surface area contributed by atoms with E-state index in [1.165, 1.54) is 0 Å². The number of ether oxygens (including phenoxy) is 2. The number of hydrogen-bond donors (Lipinski definition) is 1. The van der Waals surface area contributed by atoms with Crippen LogP contribution in [0.2, 0.25) is 0 Å². The van der Waals surface area contributed by atoms with Crippen LogP contribution in [-0.2, 0) is 20.7 Å². The Bertz CT molecular complexity index is 764. The van der Waals surface area contributed by atoms with Gasteiger partial charge in [0.2, 0.25) is 5.91 Å². The monoisotopic (exact) mass is 371 g/mol. The Morgan fingerprint density at radius 1 is 1.15 bits per heavy atom. The second-order valence-corrected chi connectivity index (χ2v) is 6.98.